The Morgan fingerprint density at radius 3 is 2.72 bits per heavy atom. The molecule has 1 aromatic carbocycles. The van der Waals surface area contributed by atoms with E-state index in [4.69, 9.17) is 16.3 Å². The van der Waals surface area contributed by atoms with E-state index >= 15 is 0 Å². The molecule has 8 nitrogen and oxygen atoms in total. The van der Waals surface area contributed by atoms with Crippen LogP contribution in [0.5, 0.6) is 0 Å². The molecule has 2 aliphatic heterocycles. The van der Waals surface area contributed by atoms with Gasteiger partial charge in [-0.25, -0.2) is 9.78 Å². The Kier molecular flexibility index (Phi) is 6.64. The number of aromatic nitrogens is 1. The number of likely N-dealkylation sites (tertiary alicyclic amines) is 1. The number of ether oxygens (including phenoxy) is 1. The summed E-state index contributed by atoms with van der Waals surface area (Å²) in [5.41, 5.74) is 3.28. The molecule has 2 N–H and O–H groups in total. The highest BCUT2D eigenvalue weighted by atomic mass is 35.5. The van der Waals surface area contributed by atoms with Crippen molar-refractivity contribution in [3.8, 4) is 0 Å². The van der Waals surface area contributed by atoms with Gasteiger partial charge in [-0.15, -0.1) is 0 Å². The molecule has 0 spiro atoms. The number of amides is 3. The van der Waals surface area contributed by atoms with Crippen LogP contribution in [0, 0.1) is 0 Å². The summed E-state index contributed by atoms with van der Waals surface area (Å²) in [5.74, 6) is 0.525. The van der Waals surface area contributed by atoms with Crippen molar-refractivity contribution < 1.29 is 14.3 Å². The number of nitrogens with zero attached hydrogens (tertiary/aromatic N) is 3. The first-order valence-corrected chi connectivity index (χ1v) is 11.1. The highest BCUT2D eigenvalue weighted by molar-refractivity contribution is 6.30. The fourth-order valence-electron chi connectivity index (χ4n) is 4.49. The van der Waals surface area contributed by atoms with E-state index in [2.05, 4.69) is 46.6 Å². The molecule has 3 heterocycles. The van der Waals surface area contributed by atoms with Crippen LogP contribution in [0.4, 0.5) is 16.3 Å². The Morgan fingerprint density at radius 2 is 2.00 bits per heavy atom. The lowest BCUT2D eigenvalue weighted by molar-refractivity contribution is -0.119. The van der Waals surface area contributed by atoms with Crippen LogP contribution in [0.15, 0.2) is 36.5 Å². The van der Waals surface area contributed by atoms with Gasteiger partial charge in [-0.2, -0.15) is 0 Å². The van der Waals surface area contributed by atoms with Crippen LogP contribution in [0.25, 0.3) is 0 Å². The van der Waals surface area contributed by atoms with Gasteiger partial charge >= 0.3 is 6.03 Å². The molecule has 1 saturated heterocycles. The first kappa shape index (κ1) is 22.5. The third-order valence-corrected chi connectivity index (χ3v) is 6.32. The van der Waals surface area contributed by atoms with E-state index in [1.807, 2.05) is 6.07 Å². The molecule has 32 heavy (non-hydrogen) atoms. The highest BCUT2D eigenvalue weighted by Crippen LogP contribution is 2.30. The van der Waals surface area contributed by atoms with Crippen molar-refractivity contribution in [2.24, 2.45) is 0 Å². The van der Waals surface area contributed by atoms with E-state index < -0.39 is 12.1 Å². The monoisotopic (exact) mass is 457 g/mol. The molecule has 0 bridgehead atoms. The number of pyridine rings is 1. The predicted octanol–water partition coefficient (Wildman–Crippen LogP) is 3.54. The molecule has 0 radical (unpaired) electrons. The van der Waals surface area contributed by atoms with Gasteiger partial charge in [0.2, 0.25) is 5.91 Å². The summed E-state index contributed by atoms with van der Waals surface area (Å²) in [6, 6.07) is 8.26. The van der Waals surface area contributed by atoms with E-state index in [0.29, 0.717) is 29.7 Å². The lowest BCUT2D eigenvalue weighted by Gasteiger charge is -2.30. The second kappa shape index (κ2) is 9.44. The summed E-state index contributed by atoms with van der Waals surface area (Å²) in [4.78, 5) is 33.9. The summed E-state index contributed by atoms with van der Waals surface area (Å²) >= 11 is 5.86. The van der Waals surface area contributed by atoms with Crippen molar-refractivity contribution in [2.75, 3.05) is 37.9 Å². The predicted molar refractivity (Wildman–Crippen MR) is 124 cm³/mol. The maximum atomic E-state index is 13.2. The van der Waals surface area contributed by atoms with Gasteiger partial charge in [-0.3, -0.25) is 10.1 Å². The van der Waals surface area contributed by atoms with Gasteiger partial charge in [-0.05, 0) is 48.4 Å². The Labute approximate surface area is 192 Å². The van der Waals surface area contributed by atoms with Crippen molar-refractivity contribution in [1.29, 1.82) is 0 Å². The number of carbonyl (C=O) groups is 2. The van der Waals surface area contributed by atoms with Gasteiger partial charge in [0.1, 0.15) is 11.9 Å². The summed E-state index contributed by atoms with van der Waals surface area (Å²) < 4.78 is 5.45. The number of carbonyl (C=O) groups excluding carboxylic acids is 2. The minimum atomic E-state index is -0.646. The number of hydrogen-bond donors (Lipinski definition) is 2. The molecular formula is C23H28ClN5O3. The van der Waals surface area contributed by atoms with Crippen molar-refractivity contribution >= 4 is 35.0 Å². The molecule has 0 aliphatic carbocycles. The Bertz CT molecular complexity index is 1000. The van der Waals surface area contributed by atoms with Crippen LogP contribution in [0.3, 0.4) is 0 Å². The maximum Gasteiger partial charge on any atom is 0.323 e. The van der Waals surface area contributed by atoms with E-state index in [1.165, 1.54) is 22.2 Å². The van der Waals surface area contributed by atoms with Gasteiger partial charge in [0.05, 0.1) is 11.1 Å². The van der Waals surface area contributed by atoms with Crippen LogP contribution in [-0.2, 0) is 16.1 Å². The van der Waals surface area contributed by atoms with Gasteiger partial charge in [0.15, 0.2) is 0 Å². The molecule has 0 saturated carbocycles. The van der Waals surface area contributed by atoms with Crippen molar-refractivity contribution in [3.05, 3.63) is 52.7 Å². The molecule has 1 fully saturated rings. The first-order valence-electron chi connectivity index (χ1n) is 10.7. The van der Waals surface area contributed by atoms with Gasteiger partial charge < -0.3 is 19.9 Å². The summed E-state index contributed by atoms with van der Waals surface area (Å²) in [5, 5.41) is 6.21. The molecule has 2 aromatic rings. The van der Waals surface area contributed by atoms with Crippen molar-refractivity contribution in [1.82, 2.24) is 14.8 Å². The van der Waals surface area contributed by atoms with Gasteiger partial charge in [0.25, 0.3) is 0 Å². The maximum absolute atomic E-state index is 13.2. The minimum Gasteiger partial charge on any atom is -0.380 e. The Morgan fingerprint density at radius 1 is 1.19 bits per heavy atom. The number of halogens is 1. The number of benzene rings is 1. The molecule has 3 amide bonds. The molecule has 1 unspecified atom stereocenters. The second-order valence-corrected chi connectivity index (χ2v) is 8.99. The normalized spacial score (nSPS) is 23.0. The number of rotatable bonds is 4. The summed E-state index contributed by atoms with van der Waals surface area (Å²) in [6.07, 6.45) is 1.67. The average molecular weight is 458 g/mol. The fourth-order valence-corrected chi connectivity index (χ4v) is 4.61. The fraction of sp³-hybridized carbons (Fsp3) is 0.435. The van der Waals surface area contributed by atoms with E-state index in [9.17, 15) is 9.59 Å². The Balaban J connectivity index is 1.48. The molecule has 9 heteroatoms. The molecule has 4 rings (SSSR count). The second-order valence-electron chi connectivity index (χ2n) is 8.55. The smallest absolute Gasteiger partial charge is 0.323 e. The number of hydrogen-bond acceptors (Lipinski definition) is 5. The van der Waals surface area contributed by atoms with E-state index in [-0.39, 0.29) is 12.0 Å². The highest BCUT2D eigenvalue weighted by Gasteiger charge is 2.40. The summed E-state index contributed by atoms with van der Waals surface area (Å²) in [7, 11) is 3.70. The SMILES string of the molecule is CO[C@@H]1C[C@H](C(=O)Nc2ccc3c(c2)C(C)CN(C)C3)N(C(=O)Nc2ccc(Cl)cn2)C1. The number of urea groups is 1. The van der Waals surface area contributed by atoms with Gasteiger partial charge in [0, 0.05) is 45.0 Å². The van der Waals surface area contributed by atoms with Crippen LogP contribution in [0.1, 0.15) is 30.4 Å². The zero-order valence-corrected chi connectivity index (χ0v) is 19.2. The molecular weight excluding hydrogens is 430 g/mol. The lowest BCUT2D eigenvalue weighted by Crippen LogP contribution is -2.45. The minimum absolute atomic E-state index is 0.214. The lowest BCUT2D eigenvalue weighted by atomic mass is 9.91. The zero-order chi connectivity index (χ0) is 22.8. The molecule has 170 valence electrons. The van der Waals surface area contributed by atoms with Crippen LogP contribution >= 0.6 is 11.6 Å². The quantitative estimate of drug-likeness (QED) is 0.733. The largest absolute Gasteiger partial charge is 0.380 e. The third-order valence-electron chi connectivity index (χ3n) is 6.09. The van der Waals surface area contributed by atoms with Gasteiger partial charge in [-0.1, -0.05) is 24.6 Å². The number of nitrogens with one attached hydrogen (secondary N) is 2. The molecule has 2 aliphatic rings. The third kappa shape index (κ3) is 4.87. The zero-order valence-electron chi connectivity index (χ0n) is 18.5. The van der Waals surface area contributed by atoms with Crippen molar-refractivity contribution in [2.45, 2.75) is 38.0 Å². The average Bonchev–Trinajstić information content (AvgIpc) is 3.21. The van der Waals surface area contributed by atoms with Crippen LogP contribution in [-0.4, -0.2) is 66.1 Å². The summed E-state index contributed by atoms with van der Waals surface area (Å²) in [6.45, 7) is 4.40. The van der Waals surface area contributed by atoms with Crippen molar-refractivity contribution in [3.63, 3.8) is 0 Å². The number of likely N-dealkylation sites (N-methyl/N-ethyl adjacent to an activating group) is 1. The molecule has 3 atom stereocenters. The van der Waals surface area contributed by atoms with Crippen LogP contribution < -0.4 is 10.6 Å². The first-order chi connectivity index (χ1) is 15.3. The topological polar surface area (TPSA) is 86.8 Å². The van der Waals surface area contributed by atoms with E-state index in [0.717, 1.165) is 18.8 Å². The molecule has 1 aromatic heterocycles. The Hall–Kier alpha value is -2.68. The standard InChI is InChI=1S/C23H28ClN5O3/c1-14-11-28(2)12-15-4-6-17(8-19(14)15)26-22(30)20-9-18(32-3)13-29(20)23(31)27-21-7-5-16(24)10-25-21/h4-8,10,14,18,20H,9,11-13H2,1-3H3,(H,26,30)(H,25,27,31)/t14?,18-,20-/m1/s1. The van der Waals surface area contributed by atoms with E-state index in [1.54, 1.807) is 19.2 Å². The number of methoxy groups -OCH3 is 1. The van der Waals surface area contributed by atoms with Crippen LogP contribution in [0.2, 0.25) is 5.02 Å². The number of fused-ring (bicyclic) bond motifs is 1. The number of anilines is 2.